The Morgan fingerprint density at radius 2 is 2.28 bits per heavy atom. The highest BCUT2D eigenvalue weighted by Crippen LogP contribution is 2.23. The maximum Gasteiger partial charge on any atom is 0.255 e. The summed E-state index contributed by atoms with van der Waals surface area (Å²) < 4.78 is 5.35. The Hall–Kier alpha value is -2.24. The van der Waals surface area contributed by atoms with Crippen molar-refractivity contribution in [3.63, 3.8) is 0 Å². The summed E-state index contributed by atoms with van der Waals surface area (Å²) >= 11 is 0. The summed E-state index contributed by atoms with van der Waals surface area (Å²) in [5.74, 6) is 2.60. The first-order chi connectivity index (χ1) is 12.0. The number of aliphatic imine (C=N–C) groups is 1. The number of likely N-dealkylation sites (tertiary alicyclic amines) is 1. The summed E-state index contributed by atoms with van der Waals surface area (Å²) in [6, 6.07) is 7.65. The van der Waals surface area contributed by atoms with E-state index < -0.39 is 5.91 Å². The van der Waals surface area contributed by atoms with Crippen LogP contribution in [-0.4, -0.2) is 43.5 Å². The number of benzene rings is 1. The minimum absolute atomic E-state index is 0.108. The molecule has 138 valence electrons. The zero-order chi connectivity index (χ0) is 18.2. The van der Waals surface area contributed by atoms with Gasteiger partial charge in [-0.15, -0.1) is 0 Å². The van der Waals surface area contributed by atoms with Crippen molar-refractivity contribution in [3.05, 3.63) is 29.8 Å². The molecule has 6 nitrogen and oxygen atoms in total. The molecule has 1 aromatic carbocycles. The molecule has 1 saturated heterocycles. The Balaban J connectivity index is 1.87. The lowest BCUT2D eigenvalue weighted by molar-refractivity contribution is -0.119. The number of nitrogens with two attached hydrogens (primary N) is 1. The molecule has 0 bridgehead atoms. The van der Waals surface area contributed by atoms with Gasteiger partial charge in [-0.05, 0) is 42.4 Å². The largest absolute Gasteiger partial charge is 0.484 e. The van der Waals surface area contributed by atoms with Crippen LogP contribution in [0.25, 0.3) is 0 Å². The Labute approximate surface area is 150 Å². The van der Waals surface area contributed by atoms with E-state index in [0.29, 0.717) is 12.3 Å². The van der Waals surface area contributed by atoms with Crippen LogP contribution in [0.1, 0.15) is 32.3 Å². The van der Waals surface area contributed by atoms with Crippen LogP contribution in [0, 0.1) is 11.8 Å². The monoisotopic (exact) mass is 346 g/mol. The van der Waals surface area contributed by atoms with E-state index >= 15 is 0 Å². The van der Waals surface area contributed by atoms with E-state index in [4.69, 9.17) is 10.5 Å². The first-order valence-electron chi connectivity index (χ1n) is 8.93. The number of rotatable bonds is 7. The van der Waals surface area contributed by atoms with Gasteiger partial charge in [-0.2, -0.15) is 0 Å². The molecular weight excluding hydrogens is 316 g/mol. The van der Waals surface area contributed by atoms with Gasteiger partial charge < -0.3 is 20.7 Å². The zero-order valence-corrected chi connectivity index (χ0v) is 15.5. The molecule has 0 spiro atoms. The molecule has 1 aliphatic rings. The normalized spacial score (nSPS) is 17.8. The molecule has 3 N–H and O–H groups in total. The van der Waals surface area contributed by atoms with Crippen molar-refractivity contribution in [2.24, 2.45) is 22.6 Å². The van der Waals surface area contributed by atoms with Crippen molar-refractivity contribution >= 4 is 11.9 Å². The van der Waals surface area contributed by atoms with Crippen molar-refractivity contribution in [1.29, 1.82) is 0 Å². The Morgan fingerprint density at radius 1 is 1.48 bits per heavy atom. The van der Waals surface area contributed by atoms with Gasteiger partial charge in [0.2, 0.25) is 0 Å². The summed E-state index contributed by atoms with van der Waals surface area (Å²) in [5.41, 5.74) is 6.18. The van der Waals surface area contributed by atoms with Gasteiger partial charge in [0, 0.05) is 26.7 Å². The topological polar surface area (TPSA) is 80.0 Å². The van der Waals surface area contributed by atoms with Crippen molar-refractivity contribution in [2.45, 2.75) is 33.2 Å². The van der Waals surface area contributed by atoms with Crippen molar-refractivity contribution < 1.29 is 9.53 Å². The SMILES string of the molecule is CN=C(NCc1cccc(OCC(N)=O)c1)N1CCC(CC(C)C)C1. The molecule has 1 amide bonds. The highest BCUT2D eigenvalue weighted by Gasteiger charge is 2.25. The molecule has 6 heteroatoms. The predicted octanol–water partition coefficient (Wildman–Crippen LogP) is 1.99. The third-order valence-corrected chi connectivity index (χ3v) is 4.33. The highest BCUT2D eigenvalue weighted by atomic mass is 16.5. The average Bonchev–Trinajstić information content (AvgIpc) is 3.01. The van der Waals surface area contributed by atoms with Crippen LogP contribution in [0.5, 0.6) is 5.75 Å². The molecule has 1 fully saturated rings. The second-order valence-electron chi connectivity index (χ2n) is 7.03. The van der Waals surface area contributed by atoms with E-state index in [0.717, 1.165) is 36.4 Å². The first-order valence-corrected chi connectivity index (χ1v) is 8.93. The molecule has 1 heterocycles. The number of hydrogen-bond donors (Lipinski definition) is 2. The molecule has 2 rings (SSSR count). The van der Waals surface area contributed by atoms with E-state index in [1.54, 1.807) is 0 Å². The number of primary amides is 1. The van der Waals surface area contributed by atoms with Gasteiger partial charge in [-0.3, -0.25) is 9.79 Å². The predicted molar refractivity (Wildman–Crippen MR) is 100 cm³/mol. The number of hydrogen-bond acceptors (Lipinski definition) is 3. The number of carbonyl (C=O) groups excluding carboxylic acids is 1. The number of nitrogens with zero attached hydrogens (tertiary/aromatic N) is 2. The van der Waals surface area contributed by atoms with Crippen LogP contribution in [0.4, 0.5) is 0 Å². The molecule has 0 saturated carbocycles. The number of carbonyl (C=O) groups is 1. The second-order valence-corrected chi connectivity index (χ2v) is 7.03. The third-order valence-electron chi connectivity index (χ3n) is 4.33. The van der Waals surface area contributed by atoms with Gasteiger partial charge in [-0.25, -0.2) is 0 Å². The molecule has 25 heavy (non-hydrogen) atoms. The van der Waals surface area contributed by atoms with Crippen LogP contribution in [0.2, 0.25) is 0 Å². The summed E-state index contributed by atoms with van der Waals surface area (Å²) in [4.78, 5) is 17.6. The number of amides is 1. The zero-order valence-electron chi connectivity index (χ0n) is 15.5. The quantitative estimate of drug-likeness (QED) is 0.584. The minimum Gasteiger partial charge on any atom is -0.484 e. The molecule has 1 unspecified atom stereocenters. The maximum atomic E-state index is 10.8. The molecule has 1 aliphatic heterocycles. The van der Waals surface area contributed by atoms with Crippen LogP contribution >= 0.6 is 0 Å². The Kier molecular flexibility index (Phi) is 7.10. The van der Waals surface area contributed by atoms with Crippen molar-refractivity contribution in [3.8, 4) is 5.75 Å². The Bertz CT molecular complexity index is 601. The van der Waals surface area contributed by atoms with E-state index in [2.05, 4.69) is 29.1 Å². The molecule has 1 atom stereocenters. The van der Waals surface area contributed by atoms with E-state index in [1.165, 1.54) is 12.8 Å². The standard InChI is InChI=1S/C19H30N4O2/c1-14(2)9-16-7-8-23(12-16)19(21-3)22-11-15-5-4-6-17(10-15)25-13-18(20)24/h4-6,10,14,16H,7-9,11-13H2,1-3H3,(H2,20,24)(H,21,22). The lowest BCUT2D eigenvalue weighted by Gasteiger charge is -2.22. The number of ether oxygens (including phenoxy) is 1. The van der Waals surface area contributed by atoms with E-state index in [-0.39, 0.29) is 6.61 Å². The summed E-state index contributed by atoms with van der Waals surface area (Å²) in [6.07, 6.45) is 2.50. The molecular formula is C19H30N4O2. The van der Waals surface area contributed by atoms with Crippen LogP contribution in [-0.2, 0) is 11.3 Å². The highest BCUT2D eigenvalue weighted by molar-refractivity contribution is 5.80. The van der Waals surface area contributed by atoms with Crippen LogP contribution in [0.3, 0.4) is 0 Å². The van der Waals surface area contributed by atoms with E-state index in [1.807, 2.05) is 31.3 Å². The van der Waals surface area contributed by atoms with Gasteiger partial charge in [0.1, 0.15) is 5.75 Å². The smallest absolute Gasteiger partial charge is 0.255 e. The molecule has 0 aliphatic carbocycles. The van der Waals surface area contributed by atoms with Gasteiger partial charge in [-0.1, -0.05) is 26.0 Å². The summed E-state index contributed by atoms with van der Waals surface area (Å²) in [6.45, 7) is 7.24. The van der Waals surface area contributed by atoms with Crippen molar-refractivity contribution in [2.75, 3.05) is 26.7 Å². The lowest BCUT2D eigenvalue weighted by atomic mass is 9.97. The van der Waals surface area contributed by atoms with Gasteiger partial charge >= 0.3 is 0 Å². The fraction of sp³-hybridized carbons (Fsp3) is 0.579. The van der Waals surface area contributed by atoms with E-state index in [9.17, 15) is 4.79 Å². The molecule has 0 radical (unpaired) electrons. The fourth-order valence-electron chi connectivity index (χ4n) is 3.30. The molecule has 1 aromatic rings. The summed E-state index contributed by atoms with van der Waals surface area (Å²) in [5, 5.41) is 3.42. The Morgan fingerprint density at radius 3 is 2.96 bits per heavy atom. The van der Waals surface area contributed by atoms with Crippen molar-refractivity contribution in [1.82, 2.24) is 10.2 Å². The maximum absolute atomic E-state index is 10.8. The van der Waals surface area contributed by atoms with Crippen LogP contribution < -0.4 is 15.8 Å². The fourth-order valence-corrected chi connectivity index (χ4v) is 3.30. The number of nitrogens with one attached hydrogen (secondary N) is 1. The number of guanidine groups is 1. The summed E-state index contributed by atoms with van der Waals surface area (Å²) in [7, 11) is 1.82. The first kappa shape index (κ1) is 19.1. The van der Waals surface area contributed by atoms with Gasteiger partial charge in [0.25, 0.3) is 5.91 Å². The average molecular weight is 346 g/mol. The molecule has 0 aromatic heterocycles. The lowest BCUT2D eigenvalue weighted by Crippen LogP contribution is -2.39. The minimum atomic E-state index is -0.478. The van der Waals surface area contributed by atoms with Gasteiger partial charge in [0.05, 0.1) is 0 Å². The second kappa shape index (κ2) is 9.30. The third kappa shape index (κ3) is 6.29. The van der Waals surface area contributed by atoms with Crippen LogP contribution in [0.15, 0.2) is 29.3 Å². The van der Waals surface area contributed by atoms with Gasteiger partial charge in [0.15, 0.2) is 12.6 Å².